The predicted octanol–water partition coefficient (Wildman–Crippen LogP) is 4.05. The summed E-state index contributed by atoms with van der Waals surface area (Å²) in [5.41, 5.74) is 2.82. The van der Waals surface area contributed by atoms with Gasteiger partial charge in [-0.25, -0.2) is 9.18 Å². The molecule has 1 aliphatic rings. The highest BCUT2D eigenvalue weighted by Crippen LogP contribution is 2.28. The number of carbonyl (C=O) groups excluding carboxylic acids is 2. The van der Waals surface area contributed by atoms with E-state index in [0.717, 1.165) is 5.56 Å². The molecule has 0 aliphatic carbocycles. The van der Waals surface area contributed by atoms with Crippen molar-refractivity contribution >= 4 is 29.2 Å². The van der Waals surface area contributed by atoms with Crippen LogP contribution < -0.4 is 16.0 Å². The van der Waals surface area contributed by atoms with E-state index in [1.165, 1.54) is 24.3 Å². The average Bonchev–Trinajstić information content (AvgIpc) is 2.58. The van der Waals surface area contributed by atoms with E-state index in [-0.39, 0.29) is 5.91 Å². The van der Waals surface area contributed by atoms with Crippen LogP contribution in [-0.2, 0) is 4.79 Å². The number of benzene rings is 2. The molecule has 0 spiro atoms. The van der Waals surface area contributed by atoms with Gasteiger partial charge in [0.2, 0.25) is 0 Å². The first-order valence-corrected chi connectivity index (χ1v) is 8.34. The van der Waals surface area contributed by atoms with Crippen LogP contribution in [0.4, 0.5) is 14.9 Å². The van der Waals surface area contributed by atoms with E-state index in [9.17, 15) is 14.0 Å². The van der Waals surface area contributed by atoms with Crippen molar-refractivity contribution in [3.63, 3.8) is 0 Å². The molecule has 1 aliphatic heterocycles. The second-order valence-electron chi connectivity index (χ2n) is 6.04. The number of hydrogen-bond donors (Lipinski definition) is 3. The van der Waals surface area contributed by atoms with Crippen molar-refractivity contribution in [1.82, 2.24) is 10.6 Å². The number of halogens is 2. The average molecular weight is 374 g/mol. The van der Waals surface area contributed by atoms with Gasteiger partial charge >= 0.3 is 6.03 Å². The lowest BCUT2D eigenvalue weighted by Gasteiger charge is -2.28. The molecular weight excluding hydrogens is 357 g/mol. The van der Waals surface area contributed by atoms with Gasteiger partial charge in [-0.3, -0.25) is 4.79 Å². The summed E-state index contributed by atoms with van der Waals surface area (Å²) >= 11 is 6.10. The number of carbonyl (C=O) groups is 2. The molecule has 0 bridgehead atoms. The zero-order valence-electron chi connectivity index (χ0n) is 14.2. The lowest BCUT2D eigenvalue weighted by atomic mass is 9.95. The predicted molar refractivity (Wildman–Crippen MR) is 98.3 cm³/mol. The minimum absolute atomic E-state index is 0.341. The standard InChI is InChI=1S/C19H17ClFN3O2/c1-10-3-8-14(9-15(10)20)23-18(25)16-11(2)22-19(26)24-17(16)12-4-6-13(21)7-5-12/h3-9,17H,1-2H3,(H,23,25)(H2,22,24,26). The molecule has 3 N–H and O–H groups in total. The van der Waals surface area contributed by atoms with Crippen LogP contribution in [0, 0.1) is 12.7 Å². The maximum atomic E-state index is 13.2. The third-order valence-corrected chi connectivity index (χ3v) is 4.55. The first-order valence-electron chi connectivity index (χ1n) is 7.96. The Balaban J connectivity index is 1.93. The molecule has 0 aromatic heterocycles. The first-order chi connectivity index (χ1) is 12.3. The summed E-state index contributed by atoms with van der Waals surface area (Å²) in [5, 5.41) is 8.63. The molecule has 0 saturated carbocycles. The Morgan fingerprint density at radius 2 is 1.85 bits per heavy atom. The van der Waals surface area contributed by atoms with Gasteiger partial charge in [0.15, 0.2) is 0 Å². The van der Waals surface area contributed by atoms with Crippen LogP contribution in [0.25, 0.3) is 0 Å². The minimum Gasteiger partial charge on any atom is -0.327 e. The highest BCUT2D eigenvalue weighted by atomic mass is 35.5. The molecule has 3 amide bonds. The van der Waals surface area contributed by atoms with Crippen LogP contribution in [0.5, 0.6) is 0 Å². The van der Waals surface area contributed by atoms with Gasteiger partial charge in [0, 0.05) is 16.4 Å². The quantitative estimate of drug-likeness (QED) is 0.759. The van der Waals surface area contributed by atoms with Gasteiger partial charge in [0.1, 0.15) is 5.82 Å². The summed E-state index contributed by atoms with van der Waals surface area (Å²) in [6, 6.07) is 9.74. The highest BCUT2D eigenvalue weighted by molar-refractivity contribution is 6.31. The minimum atomic E-state index is -0.690. The zero-order chi connectivity index (χ0) is 18.8. The van der Waals surface area contributed by atoms with Crippen molar-refractivity contribution in [2.45, 2.75) is 19.9 Å². The zero-order valence-corrected chi connectivity index (χ0v) is 14.9. The molecule has 3 rings (SSSR count). The molecule has 1 heterocycles. The molecule has 1 unspecified atom stereocenters. The summed E-state index contributed by atoms with van der Waals surface area (Å²) in [6.45, 7) is 3.51. The molecule has 2 aromatic carbocycles. The van der Waals surface area contributed by atoms with Gasteiger partial charge in [0.05, 0.1) is 11.6 Å². The number of allylic oxidation sites excluding steroid dienone is 1. The monoisotopic (exact) mass is 373 g/mol. The number of rotatable bonds is 3. The normalized spacial score (nSPS) is 16.8. The van der Waals surface area contributed by atoms with Crippen molar-refractivity contribution in [3.05, 3.63) is 75.7 Å². The van der Waals surface area contributed by atoms with Gasteiger partial charge in [-0.05, 0) is 49.2 Å². The number of nitrogens with one attached hydrogen (secondary N) is 3. The fraction of sp³-hybridized carbons (Fsp3) is 0.158. The van der Waals surface area contributed by atoms with Crippen molar-refractivity contribution in [3.8, 4) is 0 Å². The number of amides is 3. The van der Waals surface area contributed by atoms with Crippen molar-refractivity contribution in [1.29, 1.82) is 0 Å². The largest absolute Gasteiger partial charge is 0.327 e. The van der Waals surface area contributed by atoms with Crippen molar-refractivity contribution in [2.24, 2.45) is 0 Å². The van der Waals surface area contributed by atoms with Gasteiger partial charge in [-0.15, -0.1) is 0 Å². The molecule has 0 saturated heterocycles. The Kier molecular flexibility index (Phi) is 4.95. The summed E-state index contributed by atoms with van der Waals surface area (Å²) < 4.78 is 13.2. The Morgan fingerprint density at radius 1 is 1.15 bits per heavy atom. The van der Waals surface area contributed by atoms with Gasteiger partial charge < -0.3 is 16.0 Å². The molecule has 134 valence electrons. The fourth-order valence-electron chi connectivity index (χ4n) is 2.77. The molecular formula is C19H17ClFN3O2. The topological polar surface area (TPSA) is 70.2 Å². The van der Waals surface area contributed by atoms with E-state index in [1.807, 2.05) is 6.92 Å². The van der Waals surface area contributed by atoms with Crippen LogP contribution in [0.1, 0.15) is 24.1 Å². The maximum absolute atomic E-state index is 13.2. The third kappa shape index (κ3) is 3.70. The number of aryl methyl sites for hydroxylation is 1. The van der Waals surface area contributed by atoms with Gasteiger partial charge in [-0.2, -0.15) is 0 Å². The SMILES string of the molecule is CC1=C(C(=O)Nc2ccc(C)c(Cl)c2)C(c2ccc(F)cc2)NC(=O)N1. The van der Waals surface area contributed by atoms with Crippen LogP contribution in [-0.4, -0.2) is 11.9 Å². The molecule has 26 heavy (non-hydrogen) atoms. The summed E-state index contributed by atoms with van der Waals surface area (Å²) in [4.78, 5) is 24.7. The lowest BCUT2D eigenvalue weighted by molar-refractivity contribution is -0.113. The molecule has 7 heteroatoms. The Bertz CT molecular complexity index is 910. The van der Waals surface area contributed by atoms with Crippen LogP contribution in [0.3, 0.4) is 0 Å². The van der Waals surface area contributed by atoms with Crippen LogP contribution in [0.15, 0.2) is 53.7 Å². The summed E-state index contributed by atoms with van der Waals surface area (Å²) in [5.74, 6) is -0.778. The third-order valence-electron chi connectivity index (χ3n) is 4.15. The molecule has 0 fully saturated rings. The van der Waals surface area contributed by atoms with Crippen LogP contribution in [0.2, 0.25) is 5.02 Å². The number of hydrogen-bond acceptors (Lipinski definition) is 2. The summed E-state index contributed by atoms with van der Waals surface area (Å²) in [6.07, 6.45) is 0. The lowest BCUT2D eigenvalue weighted by Crippen LogP contribution is -2.45. The highest BCUT2D eigenvalue weighted by Gasteiger charge is 2.31. The molecule has 5 nitrogen and oxygen atoms in total. The second kappa shape index (κ2) is 7.17. The Labute approximate surface area is 155 Å². The van der Waals surface area contributed by atoms with E-state index in [2.05, 4.69) is 16.0 Å². The number of urea groups is 1. The van der Waals surface area contributed by atoms with E-state index in [0.29, 0.717) is 27.5 Å². The molecule has 2 aromatic rings. The first kappa shape index (κ1) is 17.9. The van der Waals surface area contributed by atoms with Crippen LogP contribution >= 0.6 is 11.6 Å². The number of anilines is 1. The van der Waals surface area contributed by atoms with E-state index >= 15 is 0 Å². The molecule has 0 radical (unpaired) electrons. The second-order valence-corrected chi connectivity index (χ2v) is 6.45. The Morgan fingerprint density at radius 3 is 2.50 bits per heavy atom. The molecule has 1 atom stereocenters. The fourth-order valence-corrected chi connectivity index (χ4v) is 2.95. The van der Waals surface area contributed by atoms with Gasteiger partial charge in [0.25, 0.3) is 5.91 Å². The Hall–Kier alpha value is -2.86. The van der Waals surface area contributed by atoms with Crippen molar-refractivity contribution < 1.29 is 14.0 Å². The smallest absolute Gasteiger partial charge is 0.319 e. The maximum Gasteiger partial charge on any atom is 0.319 e. The summed E-state index contributed by atoms with van der Waals surface area (Å²) in [7, 11) is 0. The van der Waals surface area contributed by atoms with E-state index < -0.39 is 17.9 Å². The van der Waals surface area contributed by atoms with Gasteiger partial charge in [-0.1, -0.05) is 29.8 Å². The van der Waals surface area contributed by atoms with E-state index in [1.54, 1.807) is 25.1 Å². The van der Waals surface area contributed by atoms with E-state index in [4.69, 9.17) is 11.6 Å². The van der Waals surface area contributed by atoms with Crippen molar-refractivity contribution in [2.75, 3.05) is 5.32 Å².